The average Bonchev–Trinajstić information content (AvgIpc) is 2.52. The van der Waals surface area contributed by atoms with Crippen LogP contribution in [-0.2, 0) is 24.8 Å². The van der Waals surface area contributed by atoms with Crippen molar-refractivity contribution < 1.29 is 21.6 Å². The Labute approximate surface area is 143 Å². The van der Waals surface area contributed by atoms with Gasteiger partial charge in [-0.1, -0.05) is 17.7 Å². The fourth-order valence-electron chi connectivity index (χ4n) is 1.76. The summed E-state index contributed by atoms with van der Waals surface area (Å²) in [5.74, 6) is -0.586. The predicted molar refractivity (Wildman–Crippen MR) is 91.5 cm³/mol. The Morgan fingerprint density at radius 2 is 1.67 bits per heavy atom. The van der Waals surface area contributed by atoms with E-state index in [0.717, 1.165) is 9.87 Å². The number of carbonyl (C=O) groups excluding carboxylic acids is 1. The third-order valence-corrected chi connectivity index (χ3v) is 6.56. The normalized spacial score (nSPS) is 12.3. The Hall–Kier alpha value is -1.49. The SMILES string of the molecule is CCS(=O)(=O)N(C)CC(=O)NCCNS(=O)(=O)c1ccc(C)cc1. The number of rotatable bonds is 9. The van der Waals surface area contributed by atoms with E-state index < -0.39 is 26.0 Å². The van der Waals surface area contributed by atoms with Gasteiger partial charge in [-0.25, -0.2) is 21.6 Å². The molecule has 1 rings (SSSR count). The van der Waals surface area contributed by atoms with Crippen LogP contribution in [0.15, 0.2) is 29.2 Å². The van der Waals surface area contributed by atoms with E-state index in [0.29, 0.717) is 0 Å². The van der Waals surface area contributed by atoms with Crippen molar-refractivity contribution in [2.24, 2.45) is 0 Å². The van der Waals surface area contributed by atoms with Gasteiger partial charge in [0.2, 0.25) is 26.0 Å². The molecule has 8 nitrogen and oxygen atoms in total. The zero-order valence-corrected chi connectivity index (χ0v) is 15.6. The molecule has 0 spiro atoms. The summed E-state index contributed by atoms with van der Waals surface area (Å²) in [6.45, 7) is 3.11. The maximum atomic E-state index is 12.0. The first-order valence-electron chi connectivity index (χ1n) is 7.35. The summed E-state index contributed by atoms with van der Waals surface area (Å²) in [4.78, 5) is 11.8. The third-order valence-electron chi connectivity index (χ3n) is 3.28. The summed E-state index contributed by atoms with van der Waals surface area (Å²) in [5, 5.41) is 2.47. The zero-order valence-electron chi connectivity index (χ0n) is 13.9. The van der Waals surface area contributed by atoms with Crippen LogP contribution in [0.3, 0.4) is 0 Å². The van der Waals surface area contributed by atoms with Crippen LogP contribution in [0.4, 0.5) is 0 Å². The molecule has 1 amide bonds. The zero-order chi connectivity index (χ0) is 18.4. The lowest BCUT2D eigenvalue weighted by atomic mass is 10.2. The van der Waals surface area contributed by atoms with Crippen molar-refractivity contribution in [3.05, 3.63) is 29.8 Å². The second-order valence-electron chi connectivity index (χ2n) is 5.22. The quantitative estimate of drug-likeness (QED) is 0.572. The number of benzene rings is 1. The highest BCUT2D eigenvalue weighted by Gasteiger charge is 2.18. The van der Waals surface area contributed by atoms with Gasteiger partial charge in [-0.2, -0.15) is 4.31 Å². The summed E-state index contributed by atoms with van der Waals surface area (Å²) in [5.41, 5.74) is 0.951. The van der Waals surface area contributed by atoms with Gasteiger partial charge < -0.3 is 5.32 Å². The maximum Gasteiger partial charge on any atom is 0.240 e. The van der Waals surface area contributed by atoms with Crippen LogP contribution >= 0.6 is 0 Å². The molecule has 0 fully saturated rings. The fraction of sp³-hybridized carbons (Fsp3) is 0.500. The molecule has 0 atom stereocenters. The maximum absolute atomic E-state index is 12.0. The second-order valence-corrected chi connectivity index (χ2v) is 9.35. The van der Waals surface area contributed by atoms with E-state index >= 15 is 0 Å². The number of hydrogen-bond donors (Lipinski definition) is 2. The van der Waals surface area contributed by atoms with Gasteiger partial charge in [0, 0.05) is 20.1 Å². The van der Waals surface area contributed by atoms with Crippen LogP contribution in [0, 0.1) is 6.92 Å². The van der Waals surface area contributed by atoms with Crippen molar-refractivity contribution in [3.63, 3.8) is 0 Å². The van der Waals surface area contributed by atoms with E-state index in [9.17, 15) is 21.6 Å². The van der Waals surface area contributed by atoms with Gasteiger partial charge in [0.25, 0.3) is 0 Å². The van der Waals surface area contributed by atoms with Gasteiger partial charge in [-0.05, 0) is 26.0 Å². The molecule has 0 aromatic heterocycles. The van der Waals surface area contributed by atoms with Gasteiger partial charge >= 0.3 is 0 Å². The van der Waals surface area contributed by atoms with Gasteiger partial charge in [0.15, 0.2) is 0 Å². The first-order chi connectivity index (χ1) is 11.1. The van der Waals surface area contributed by atoms with Gasteiger partial charge in [0.05, 0.1) is 17.2 Å². The van der Waals surface area contributed by atoms with E-state index in [2.05, 4.69) is 10.0 Å². The van der Waals surface area contributed by atoms with E-state index in [1.54, 1.807) is 12.1 Å². The third kappa shape index (κ3) is 6.19. The van der Waals surface area contributed by atoms with Crippen molar-refractivity contribution in [1.29, 1.82) is 0 Å². The molecule has 0 aliphatic heterocycles. The van der Waals surface area contributed by atoms with E-state index in [4.69, 9.17) is 0 Å². The number of aryl methyl sites for hydroxylation is 1. The Morgan fingerprint density at radius 1 is 1.08 bits per heavy atom. The number of carbonyl (C=O) groups is 1. The van der Waals surface area contributed by atoms with Crippen molar-refractivity contribution >= 4 is 26.0 Å². The number of sulfonamides is 2. The van der Waals surface area contributed by atoms with Crippen LogP contribution < -0.4 is 10.0 Å². The minimum atomic E-state index is -3.63. The highest BCUT2D eigenvalue weighted by molar-refractivity contribution is 7.89. The Balaban J connectivity index is 2.43. The molecule has 0 radical (unpaired) electrons. The van der Waals surface area contributed by atoms with Gasteiger partial charge in [-0.15, -0.1) is 0 Å². The molecule has 10 heteroatoms. The molecule has 1 aromatic rings. The summed E-state index contributed by atoms with van der Waals surface area (Å²) >= 11 is 0. The Kier molecular flexibility index (Phi) is 7.33. The molecule has 2 N–H and O–H groups in total. The van der Waals surface area contributed by atoms with Crippen LogP contribution in [-0.4, -0.2) is 59.5 Å². The number of amides is 1. The van der Waals surface area contributed by atoms with Crippen molar-refractivity contribution in [2.75, 3.05) is 32.4 Å². The van der Waals surface area contributed by atoms with Crippen LogP contribution in [0.2, 0.25) is 0 Å². The molecule has 0 heterocycles. The molecular formula is C14H23N3O5S2. The molecule has 1 aromatic carbocycles. The summed E-state index contributed by atoms with van der Waals surface area (Å²) < 4.78 is 50.4. The minimum Gasteiger partial charge on any atom is -0.354 e. The lowest BCUT2D eigenvalue weighted by Gasteiger charge is -2.15. The number of nitrogens with zero attached hydrogens (tertiary/aromatic N) is 1. The average molecular weight is 377 g/mol. The largest absolute Gasteiger partial charge is 0.354 e. The second kappa shape index (κ2) is 8.56. The highest BCUT2D eigenvalue weighted by Crippen LogP contribution is 2.09. The van der Waals surface area contributed by atoms with Gasteiger partial charge in [-0.3, -0.25) is 4.79 Å². The van der Waals surface area contributed by atoms with Crippen LogP contribution in [0.1, 0.15) is 12.5 Å². The smallest absolute Gasteiger partial charge is 0.240 e. The summed E-state index contributed by atoms with van der Waals surface area (Å²) in [6, 6.07) is 6.39. The molecule has 0 aliphatic rings. The topological polar surface area (TPSA) is 113 Å². The first-order valence-corrected chi connectivity index (χ1v) is 10.4. The van der Waals surface area contributed by atoms with E-state index in [1.807, 2.05) is 6.92 Å². The standard InChI is InChI=1S/C14H23N3O5S2/c1-4-23(19,20)17(3)11-14(18)15-9-10-16-24(21,22)13-7-5-12(2)6-8-13/h5-8,16H,4,9-11H2,1-3H3,(H,15,18). The molecule has 0 bridgehead atoms. The predicted octanol–water partition coefficient (Wildman–Crippen LogP) is -0.329. The summed E-state index contributed by atoms with van der Waals surface area (Å²) in [7, 11) is -5.74. The number of likely N-dealkylation sites (N-methyl/N-ethyl adjacent to an activating group) is 1. The Morgan fingerprint density at radius 3 is 2.21 bits per heavy atom. The van der Waals surface area contributed by atoms with Crippen molar-refractivity contribution in [1.82, 2.24) is 14.3 Å². The molecule has 0 aliphatic carbocycles. The molecular weight excluding hydrogens is 354 g/mol. The van der Waals surface area contributed by atoms with Crippen molar-refractivity contribution in [3.8, 4) is 0 Å². The lowest BCUT2D eigenvalue weighted by molar-refractivity contribution is -0.121. The first kappa shape index (κ1) is 20.6. The van der Waals surface area contributed by atoms with Crippen LogP contribution in [0.25, 0.3) is 0 Å². The van der Waals surface area contributed by atoms with Crippen molar-refractivity contribution in [2.45, 2.75) is 18.7 Å². The van der Waals surface area contributed by atoms with E-state index in [1.165, 1.54) is 26.1 Å². The monoisotopic (exact) mass is 377 g/mol. The molecule has 24 heavy (non-hydrogen) atoms. The van der Waals surface area contributed by atoms with Gasteiger partial charge in [0.1, 0.15) is 0 Å². The molecule has 0 saturated carbocycles. The van der Waals surface area contributed by atoms with E-state index in [-0.39, 0.29) is 30.3 Å². The Bertz CT molecular complexity index is 758. The lowest BCUT2D eigenvalue weighted by Crippen LogP contribution is -2.41. The minimum absolute atomic E-state index is 0.00614. The number of hydrogen-bond acceptors (Lipinski definition) is 5. The number of nitrogens with one attached hydrogen (secondary N) is 2. The summed E-state index contributed by atoms with van der Waals surface area (Å²) in [6.07, 6.45) is 0. The molecule has 0 saturated heterocycles. The fourth-order valence-corrected chi connectivity index (χ4v) is 3.55. The molecule has 0 unspecified atom stereocenters. The van der Waals surface area contributed by atoms with Crippen LogP contribution in [0.5, 0.6) is 0 Å². The molecule has 136 valence electrons. The highest BCUT2D eigenvalue weighted by atomic mass is 32.2.